The van der Waals surface area contributed by atoms with Crippen molar-refractivity contribution >= 4 is 39.4 Å². The van der Waals surface area contributed by atoms with Crippen molar-refractivity contribution in [2.75, 3.05) is 18.0 Å². The van der Waals surface area contributed by atoms with E-state index in [-0.39, 0.29) is 17.8 Å². The van der Waals surface area contributed by atoms with Gasteiger partial charge in [0.15, 0.2) is 0 Å². The maximum atomic E-state index is 13.5. The number of pyridine rings is 1. The predicted molar refractivity (Wildman–Crippen MR) is 135 cm³/mol. The Morgan fingerprint density at radius 1 is 0.969 bits per heavy atom. The second-order valence-electron chi connectivity index (χ2n) is 8.50. The lowest BCUT2D eigenvalue weighted by molar-refractivity contribution is -0.00521. The number of nitrogens with zero attached hydrogens (tertiary/aromatic N) is 2. The van der Waals surface area contributed by atoms with Gasteiger partial charge in [-0.3, -0.25) is 9.36 Å². The first kappa shape index (κ1) is 21.3. The smallest absolute Gasteiger partial charge is 0.262 e. The molecule has 1 aliphatic rings. The highest BCUT2D eigenvalue weighted by atomic mass is 35.5. The minimum atomic E-state index is -0.0172. The van der Waals surface area contributed by atoms with Crippen molar-refractivity contribution in [3.8, 4) is 16.1 Å². The average molecular weight is 465 g/mol. The Bertz CT molecular complexity index is 1330. The Kier molecular flexibility index (Phi) is 5.58. The van der Waals surface area contributed by atoms with Gasteiger partial charge in [0.2, 0.25) is 0 Å². The monoisotopic (exact) mass is 464 g/mol. The summed E-state index contributed by atoms with van der Waals surface area (Å²) in [7, 11) is 0. The van der Waals surface area contributed by atoms with Crippen LogP contribution in [-0.4, -0.2) is 29.9 Å². The fourth-order valence-corrected chi connectivity index (χ4v) is 5.75. The van der Waals surface area contributed by atoms with Crippen LogP contribution in [0, 0.1) is 6.92 Å². The van der Waals surface area contributed by atoms with Gasteiger partial charge < -0.3 is 9.64 Å². The highest BCUT2D eigenvalue weighted by Crippen LogP contribution is 2.36. The first-order valence-corrected chi connectivity index (χ1v) is 12.0. The maximum absolute atomic E-state index is 13.5. The Balaban J connectivity index is 1.55. The maximum Gasteiger partial charge on any atom is 0.262 e. The third-order valence-corrected chi connectivity index (χ3v) is 7.25. The third kappa shape index (κ3) is 3.85. The van der Waals surface area contributed by atoms with E-state index in [0.29, 0.717) is 5.39 Å². The molecule has 0 aliphatic carbocycles. The number of aromatic nitrogens is 1. The van der Waals surface area contributed by atoms with E-state index in [1.807, 2.05) is 42.6 Å². The molecule has 0 bridgehead atoms. The van der Waals surface area contributed by atoms with E-state index < -0.39 is 0 Å². The van der Waals surface area contributed by atoms with Crippen LogP contribution in [0.25, 0.3) is 26.9 Å². The Labute approximate surface area is 196 Å². The first-order valence-electron chi connectivity index (χ1n) is 10.8. The predicted octanol–water partition coefficient (Wildman–Crippen LogP) is 6.29. The van der Waals surface area contributed by atoms with Crippen LogP contribution in [0.3, 0.4) is 0 Å². The number of benzene rings is 2. The largest absolute Gasteiger partial charge is 0.372 e. The lowest BCUT2D eigenvalue weighted by Crippen LogP contribution is -2.45. The number of ether oxygens (including phenoxy) is 1. The zero-order valence-electron chi connectivity index (χ0n) is 18.3. The number of morpholine rings is 1. The van der Waals surface area contributed by atoms with Crippen LogP contribution in [0.5, 0.6) is 0 Å². The molecule has 2 unspecified atom stereocenters. The zero-order chi connectivity index (χ0) is 22.4. The first-order chi connectivity index (χ1) is 15.4. The lowest BCUT2D eigenvalue weighted by atomic mass is 10.0. The molecule has 4 nitrogen and oxygen atoms in total. The van der Waals surface area contributed by atoms with Crippen molar-refractivity contribution < 1.29 is 4.74 Å². The molecule has 0 amide bonds. The number of aryl methyl sites for hydroxylation is 1. The average Bonchev–Trinajstić information content (AvgIpc) is 3.21. The van der Waals surface area contributed by atoms with Gasteiger partial charge >= 0.3 is 0 Å². The summed E-state index contributed by atoms with van der Waals surface area (Å²) < 4.78 is 8.34. The van der Waals surface area contributed by atoms with Gasteiger partial charge in [0.25, 0.3) is 5.56 Å². The number of hydrogen-bond donors (Lipinski definition) is 0. The van der Waals surface area contributed by atoms with Crippen molar-refractivity contribution in [3.63, 3.8) is 0 Å². The molecule has 1 aliphatic heterocycles. The van der Waals surface area contributed by atoms with E-state index in [0.717, 1.165) is 50.2 Å². The van der Waals surface area contributed by atoms with Crippen LogP contribution in [-0.2, 0) is 4.74 Å². The second kappa shape index (κ2) is 8.39. The van der Waals surface area contributed by atoms with Crippen molar-refractivity contribution in [2.24, 2.45) is 0 Å². The van der Waals surface area contributed by atoms with Crippen LogP contribution in [0.2, 0.25) is 4.34 Å². The third-order valence-electron chi connectivity index (χ3n) is 5.98. The van der Waals surface area contributed by atoms with Gasteiger partial charge in [-0.15, -0.1) is 11.3 Å². The highest BCUT2D eigenvalue weighted by Gasteiger charge is 2.22. The summed E-state index contributed by atoms with van der Waals surface area (Å²) >= 11 is 7.69. The topological polar surface area (TPSA) is 34.5 Å². The molecule has 0 saturated carbocycles. The summed E-state index contributed by atoms with van der Waals surface area (Å²) in [6, 6.07) is 18.1. The minimum Gasteiger partial charge on any atom is -0.372 e. The molecule has 4 aromatic rings. The molecule has 0 radical (unpaired) electrons. The van der Waals surface area contributed by atoms with Crippen LogP contribution >= 0.6 is 22.9 Å². The van der Waals surface area contributed by atoms with E-state index in [4.69, 9.17) is 16.3 Å². The second-order valence-corrected chi connectivity index (χ2v) is 10.2. The molecular formula is C26H25ClN2O2S. The molecule has 0 spiro atoms. The van der Waals surface area contributed by atoms with Gasteiger partial charge in [-0.1, -0.05) is 23.7 Å². The van der Waals surface area contributed by atoms with E-state index in [9.17, 15) is 4.79 Å². The molecular weight excluding hydrogens is 440 g/mol. The molecule has 2 aromatic heterocycles. The van der Waals surface area contributed by atoms with Crippen LogP contribution in [0.15, 0.2) is 65.6 Å². The highest BCUT2D eigenvalue weighted by molar-refractivity contribution is 7.19. The van der Waals surface area contributed by atoms with Gasteiger partial charge in [-0.2, -0.15) is 0 Å². The number of anilines is 1. The summed E-state index contributed by atoms with van der Waals surface area (Å²) in [5.74, 6) is 0. The van der Waals surface area contributed by atoms with E-state index in [2.05, 4.69) is 43.9 Å². The molecule has 0 N–H and O–H groups in total. The van der Waals surface area contributed by atoms with Gasteiger partial charge in [-0.25, -0.2) is 0 Å². The number of halogens is 1. The van der Waals surface area contributed by atoms with E-state index in [1.165, 1.54) is 11.3 Å². The lowest BCUT2D eigenvalue weighted by Gasteiger charge is -2.36. The SMILES string of the molecule is Cc1cn(-c2ccc(N3CC(C)OC(C)C3)cc2)c(=O)c2cccc(-c3ccc(Cl)s3)c12. The number of fused-ring (bicyclic) bond motifs is 1. The zero-order valence-corrected chi connectivity index (χ0v) is 19.9. The fraction of sp³-hybridized carbons (Fsp3) is 0.269. The van der Waals surface area contributed by atoms with Gasteiger partial charge in [0.05, 0.1) is 16.5 Å². The Morgan fingerprint density at radius 3 is 2.31 bits per heavy atom. The number of hydrogen-bond acceptors (Lipinski definition) is 4. The van der Waals surface area contributed by atoms with Crippen molar-refractivity contribution in [1.82, 2.24) is 4.57 Å². The van der Waals surface area contributed by atoms with Crippen molar-refractivity contribution in [2.45, 2.75) is 33.0 Å². The molecule has 2 aromatic carbocycles. The Morgan fingerprint density at radius 2 is 1.66 bits per heavy atom. The van der Waals surface area contributed by atoms with Crippen LogP contribution < -0.4 is 10.5 Å². The number of rotatable bonds is 3. The molecule has 164 valence electrons. The molecule has 5 rings (SSSR count). The Hall–Kier alpha value is -2.60. The summed E-state index contributed by atoms with van der Waals surface area (Å²) in [6.45, 7) is 8.00. The quantitative estimate of drug-likeness (QED) is 0.357. The standard InChI is InChI=1S/C26H25ClN2O2S/c1-16-13-29(20-9-7-19(8-10-20)28-14-17(2)31-18(3)15-28)26(30)22-6-4-5-21(25(16)22)23-11-12-24(27)32-23/h4-13,17-18H,14-15H2,1-3H3. The number of thiophene rings is 1. The van der Waals surface area contributed by atoms with Crippen LogP contribution in [0.1, 0.15) is 19.4 Å². The fourth-order valence-electron chi connectivity index (χ4n) is 4.67. The molecule has 32 heavy (non-hydrogen) atoms. The molecule has 3 heterocycles. The summed E-state index contributed by atoms with van der Waals surface area (Å²) in [6.07, 6.45) is 2.35. The van der Waals surface area contributed by atoms with E-state index >= 15 is 0 Å². The molecule has 2 atom stereocenters. The van der Waals surface area contributed by atoms with Gasteiger partial charge in [0.1, 0.15) is 0 Å². The normalized spacial score (nSPS) is 18.9. The van der Waals surface area contributed by atoms with Crippen molar-refractivity contribution in [1.29, 1.82) is 0 Å². The van der Waals surface area contributed by atoms with Gasteiger partial charge in [0, 0.05) is 51.9 Å². The van der Waals surface area contributed by atoms with Gasteiger partial charge in [-0.05, 0) is 68.8 Å². The summed E-state index contributed by atoms with van der Waals surface area (Å²) in [4.78, 5) is 16.9. The van der Waals surface area contributed by atoms with Crippen molar-refractivity contribution in [3.05, 3.63) is 81.0 Å². The van der Waals surface area contributed by atoms with Crippen LogP contribution in [0.4, 0.5) is 5.69 Å². The summed E-state index contributed by atoms with van der Waals surface area (Å²) in [5, 5.41) is 1.70. The van der Waals surface area contributed by atoms with E-state index in [1.54, 1.807) is 4.57 Å². The molecule has 1 saturated heterocycles. The molecule has 1 fully saturated rings. The summed E-state index contributed by atoms with van der Waals surface area (Å²) in [5.41, 5.74) is 4.10. The minimum absolute atomic E-state index is 0.0172. The molecule has 6 heteroatoms.